The second-order valence-electron chi connectivity index (χ2n) is 11.0. The lowest BCUT2D eigenvalue weighted by Crippen LogP contribution is -2.43. The van der Waals surface area contributed by atoms with E-state index in [4.69, 9.17) is 0 Å². The minimum Gasteiger partial charge on any atom is -0.304 e. The van der Waals surface area contributed by atoms with Gasteiger partial charge in [-0.15, -0.1) is 11.3 Å². The van der Waals surface area contributed by atoms with Crippen LogP contribution in [0.5, 0.6) is 0 Å². The molecule has 7 heteroatoms. The Labute approximate surface area is 227 Å². The fourth-order valence-electron chi connectivity index (χ4n) is 3.75. The number of hydrogen-bond donors (Lipinski definition) is 1. The highest BCUT2D eigenvalue weighted by atomic mass is 32.3. The molecule has 5 nitrogen and oxygen atoms in total. The molecule has 1 saturated heterocycles. The molecule has 0 radical (unpaired) electrons. The Morgan fingerprint density at radius 1 is 1.08 bits per heavy atom. The molecular weight excluding hydrogens is 496 g/mol. The molecule has 1 aliphatic heterocycles. The fraction of sp³-hybridized carbons (Fsp3) is 0.400. The molecule has 0 atom stereocenters. The molecule has 37 heavy (non-hydrogen) atoms. The van der Waals surface area contributed by atoms with Crippen LogP contribution in [0.3, 0.4) is 0 Å². The van der Waals surface area contributed by atoms with Crippen LogP contribution in [0.2, 0.25) is 0 Å². The summed E-state index contributed by atoms with van der Waals surface area (Å²) in [4.78, 5) is 22.3. The molecule has 1 fully saturated rings. The Morgan fingerprint density at radius 3 is 2.46 bits per heavy atom. The van der Waals surface area contributed by atoms with Crippen LogP contribution in [-0.2, 0) is 6.54 Å². The van der Waals surface area contributed by atoms with E-state index in [1.165, 1.54) is 16.9 Å². The molecule has 3 aromatic rings. The van der Waals surface area contributed by atoms with Crippen LogP contribution in [0.25, 0.3) is 11.3 Å². The van der Waals surface area contributed by atoms with Gasteiger partial charge in [-0.05, 0) is 54.6 Å². The quantitative estimate of drug-likeness (QED) is 0.409. The van der Waals surface area contributed by atoms with Crippen molar-refractivity contribution in [3.05, 3.63) is 70.6 Å². The van der Waals surface area contributed by atoms with Crippen LogP contribution in [0, 0.1) is 11.2 Å². The number of carbonyl (C=O) groups excluding carboxylic acids is 1. The number of benzene rings is 2. The normalized spacial score (nSPS) is 15.6. The van der Waals surface area contributed by atoms with Gasteiger partial charge in [0.15, 0.2) is 5.13 Å². The van der Waals surface area contributed by atoms with Crippen molar-refractivity contribution in [3.63, 3.8) is 0 Å². The van der Waals surface area contributed by atoms with Gasteiger partial charge in [0.2, 0.25) is 0 Å². The van der Waals surface area contributed by atoms with Crippen LogP contribution in [0.4, 0.5) is 5.13 Å². The molecule has 0 saturated carbocycles. The molecule has 1 aromatic heterocycles. The number of aromatic nitrogens is 1. The van der Waals surface area contributed by atoms with Crippen LogP contribution < -0.4 is 5.32 Å². The number of amides is 1. The number of likely N-dealkylation sites (N-methyl/N-ethyl adjacent to an activating group) is 1. The summed E-state index contributed by atoms with van der Waals surface area (Å²) in [5, 5.41) is 9.06. The molecule has 1 amide bonds. The number of rotatable bonds is 5. The third kappa shape index (κ3) is 7.24. The highest BCUT2D eigenvalue weighted by Gasteiger charge is 2.25. The summed E-state index contributed by atoms with van der Waals surface area (Å²) in [6.45, 7) is 12.0. The SMILES string of the molecule is CN1CCN(Cc2ccc(C(=O)Nc3nc(-c4cccc(C#CS(C)(C)C(C)(C)C)c4)cs3)cc2)CC1. The number of thiazole rings is 1. The highest BCUT2D eigenvalue weighted by Crippen LogP contribution is 2.51. The van der Waals surface area contributed by atoms with E-state index in [-0.39, 0.29) is 10.7 Å². The number of piperazine rings is 1. The molecule has 0 spiro atoms. The number of nitrogens with zero attached hydrogens (tertiary/aromatic N) is 3. The van der Waals surface area contributed by atoms with Gasteiger partial charge in [0, 0.05) is 59.5 Å². The first-order chi connectivity index (χ1) is 17.5. The standard InChI is InChI=1S/C30H38N4OS2/c1-30(2,3)37(5,6)19-14-23-8-7-9-26(20-23)27-22-36-29(31-27)32-28(35)25-12-10-24(11-13-25)21-34-17-15-33(4)16-18-34/h7-13,20,22H,15-18,21H2,1-6H3,(H,31,32,35). The average molecular weight is 535 g/mol. The maximum absolute atomic E-state index is 12.8. The van der Waals surface area contributed by atoms with Crippen molar-refractivity contribution >= 4 is 32.4 Å². The van der Waals surface area contributed by atoms with Crippen molar-refractivity contribution in [1.29, 1.82) is 0 Å². The van der Waals surface area contributed by atoms with Gasteiger partial charge >= 0.3 is 0 Å². The third-order valence-electron chi connectivity index (χ3n) is 7.08. The second-order valence-corrected chi connectivity index (χ2v) is 16.0. The van der Waals surface area contributed by atoms with E-state index >= 15 is 0 Å². The Kier molecular flexibility index (Phi) is 8.45. The first kappa shape index (κ1) is 27.4. The summed E-state index contributed by atoms with van der Waals surface area (Å²) in [5.74, 6) is 3.24. The smallest absolute Gasteiger partial charge is 0.257 e. The van der Waals surface area contributed by atoms with Gasteiger partial charge in [-0.1, -0.05) is 51.0 Å². The van der Waals surface area contributed by atoms with Crippen LogP contribution >= 0.6 is 21.4 Å². The van der Waals surface area contributed by atoms with E-state index in [1.807, 2.05) is 35.7 Å². The van der Waals surface area contributed by atoms with E-state index in [1.54, 1.807) is 0 Å². The third-order valence-corrected chi connectivity index (χ3v) is 11.5. The van der Waals surface area contributed by atoms with E-state index in [2.05, 4.69) is 89.8 Å². The maximum atomic E-state index is 12.8. The van der Waals surface area contributed by atoms with Crippen LogP contribution in [0.1, 0.15) is 42.3 Å². The highest BCUT2D eigenvalue weighted by molar-refractivity contribution is 8.37. The lowest BCUT2D eigenvalue weighted by atomic mass is 10.1. The number of carbonyl (C=O) groups is 1. The minimum absolute atomic E-state index is 0.140. The summed E-state index contributed by atoms with van der Waals surface area (Å²) < 4.78 is 0.171. The van der Waals surface area contributed by atoms with E-state index in [0.717, 1.165) is 49.5 Å². The monoisotopic (exact) mass is 534 g/mol. The molecule has 1 N–H and O–H groups in total. The zero-order chi connectivity index (χ0) is 26.6. The van der Waals surface area contributed by atoms with Gasteiger partial charge in [-0.2, -0.15) is 10.0 Å². The van der Waals surface area contributed by atoms with Crippen molar-refractivity contribution in [3.8, 4) is 22.4 Å². The average Bonchev–Trinajstić information content (AvgIpc) is 3.33. The lowest BCUT2D eigenvalue weighted by molar-refractivity contribution is 0.102. The van der Waals surface area contributed by atoms with E-state index in [0.29, 0.717) is 10.7 Å². The molecular formula is C30H38N4OS2. The first-order valence-corrected chi connectivity index (χ1v) is 16.0. The van der Waals surface area contributed by atoms with Crippen molar-refractivity contribution in [2.75, 3.05) is 51.1 Å². The molecule has 0 unspecified atom stereocenters. The number of hydrogen-bond acceptors (Lipinski definition) is 5. The zero-order valence-corrected chi connectivity index (χ0v) is 24.4. The Hall–Kier alpha value is -2.63. The molecule has 4 rings (SSSR count). The lowest BCUT2D eigenvalue weighted by Gasteiger charge is -2.39. The minimum atomic E-state index is -1.05. The fourth-order valence-corrected chi connectivity index (χ4v) is 5.15. The second kappa shape index (κ2) is 11.4. The van der Waals surface area contributed by atoms with Gasteiger partial charge in [0.1, 0.15) is 0 Å². The van der Waals surface area contributed by atoms with Crippen molar-refractivity contribution in [1.82, 2.24) is 14.8 Å². The van der Waals surface area contributed by atoms with E-state index in [9.17, 15) is 4.79 Å². The Bertz CT molecular complexity index is 1290. The zero-order valence-electron chi connectivity index (χ0n) is 22.8. The van der Waals surface area contributed by atoms with Gasteiger partial charge < -0.3 is 4.90 Å². The first-order valence-electron chi connectivity index (χ1n) is 12.6. The van der Waals surface area contributed by atoms with Crippen molar-refractivity contribution in [2.24, 2.45) is 0 Å². The van der Waals surface area contributed by atoms with Gasteiger partial charge in [-0.25, -0.2) is 4.98 Å². The summed E-state index contributed by atoms with van der Waals surface area (Å²) in [7, 11) is 1.12. The molecule has 196 valence electrons. The molecule has 2 heterocycles. The topological polar surface area (TPSA) is 48.5 Å². The molecule has 2 aromatic carbocycles. The van der Waals surface area contributed by atoms with Crippen molar-refractivity contribution < 1.29 is 4.79 Å². The summed E-state index contributed by atoms with van der Waals surface area (Å²) in [6.07, 6.45) is 4.53. The molecule has 0 bridgehead atoms. The maximum Gasteiger partial charge on any atom is 0.257 e. The largest absolute Gasteiger partial charge is 0.304 e. The van der Waals surface area contributed by atoms with Gasteiger partial charge in [0.05, 0.1) is 5.69 Å². The summed E-state index contributed by atoms with van der Waals surface area (Å²) in [6, 6.07) is 16.1. The number of nitrogens with one attached hydrogen (secondary N) is 1. The Balaban J connectivity index is 1.38. The summed E-state index contributed by atoms with van der Waals surface area (Å²) in [5.41, 5.74) is 4.69. The number of anilines is 1. The predicted octanol–water partition coefficient (Wildman–Crippen LogP) is 5.98. The molecule has 0 aliphatic carbocycles. The van der Waals surface area contributed by atoms with Crippen molar-refractivity contribution in [2.45, 2.75) is 32.1 Å². The van der Waals surface area contributed by atoms with Crippen LogP contribution in [0.15, 0.2) is 53.9 Å². The molecule has 1 aliphatic rings. The van der Waals surface area contributed by atoms with E-state index < -0.39 is 10.0 Å². The predicted molar refractivity (Wildman–Crippen MR) is 161 cm³/mol. The van der Waals surface area contributed by atoms with Gasteiger partial charge in [0.25, 0.3) is 5.91 Å². The Morgan fingerprint density at radius 2 is 1.78 bits per heavy atom. The van der Waals surface area contributed by atoms with Gasteiger partial charge in [-0.3, -0.25) is 15.0 Å². The summed E-state index contributed by atoms with van der Waals surface area (Å²) >= 11 is 1.44. The van der Waals surface area contributed by atoms with Crippen LogP contribution in [-0.4, -0.2) is 71.2 Å².